The Kier molecular flexibility index (Phi) is 5.17. The molecular formula is C22H20N2OS. The van der Waals surface area contributed by atoms with Crippen LogP contribution in [0.3, 0.4) is 0 Å². The zero-order chi connectivity index (χ0) is 18.7. The lowest BCUT2D eigenvalue weighted by atomic mass is 10.1. The normalized spacial score (nSPS) is 10.3. The van der Waals surface area contributed by atoms with Gasteiger partial charge in [0, 0.05) is 17.0 Å². The first-order valence-electron chi connectivity index (χ1n) is 8.28. The molecule has 0 N–H and O–H groups in total. The summed E-state index contributed by atoms with van der Waals surface area (Å²) in [6.07, 6.45) is 1.34. The van der Waals surface area contributed by atoms with Gasteiger partial charge < -0.3 is 0 Å². The number of carbonyl (C=O) groups is 1. The molecule has 1 amide bonds. The molecule has 0 saturated heterocycles. The van der Waals surface area contributed by atoms with Crippen LogP contribution in [-0.2, 0) is 4.79 Å². The summed E-state index contributed by atoms with van der Waals surface area (Å²) in [5.74, 6) is -0.213. The monoisotopic (exact) mass is 360 g/mol. The van der Waals surface area contributed by atoms with Gasteiger partial charge in [-0.3, -0.25) is 9.69 Å². The zero-order valence-corrected chi connectivity index (χ0v) is 15.9. The van der Waals surface area contributed by atoms with E-state index in [0.29, 0.717) is 5.13 Å². The molecule has 26 heavy (non-hydrogen) atoms. The number of aryl methyl sites for hydroxylation is 3. The summed E-state index contributed by atoms with van der Waals surface area (Å²) < 4.78 is 0. The highest BCUT2D eigenvalue weighted by molar-refractivity contribution is 7.14. The van der Waals surface area contributed by atoms with Crippen LogP contribution in [0.5, 0.6) is 0 Å². The van der Waals surface area contributed by atoms with Gasteiger partial charge in [0.05, 0.1) is 11.4 Å². The Labute approximate surface area is 158 Å². The molecule has 130 valence electrons. The molecule has 0 saturated carbocycles. The van der Waals surface area contributed by atoms with E-state index in [1.165, 1.54) is 23.0 Å². The van der Waals surface area contributed by atoms with Gasteiger partial charge in [0.25, 0.3) is 5.91 Å². The molecule has 0 unspecified atom stereocenters. The quantitative estimate of drug-likeness (QED) is 0.439. The Morgan fingerprint density at radius 3 is 2.35 bits per heavy atom. The average molecular weight is 360 g/mol. The SMILES string of the molecule is C=C=CC(=O)N(c1cc(C)cc(C)c1)c1nc(-c2ccc(C)cc2)cs1. The van der Waals surface area contributed by atoms with E-state index in [1.807, 2.05) is 43.5 Å². The van der Waals surface area contributed by atoms with Crippen LogP contribution >= 0.6 is 11.3 Å². The van der Waals surface area contributed by atoms with E-state index in [1.54, 1.807) is 4.90 Å². The number of hydrogen-bond acceptors (Lipinski definition) is 3. The number of thiazole rings is 1. The van der Waals surface area contributed by atoms with Gasteiger partial charge in [-0.15, -0.1) is 17.1 Å². The first-order chi connectivity index (χ1) is 12.5. The fourth-order valence-corrected chi connectivity index (χ4v) is 3.65. The summed E-state index contributed by atoms with van der Waals surface area (Å²) in [7, 11) is 0. The number of aromatic nitrogens is 1. The molecule has 3 nitrogen and oxygen atoms in total. The Balaban J connectivity index is 2.06. The second-order valence-corrected chi connectivity index (χ2v) is 7.09. The van der Waals surface area contributed by atoms with Crippen molar-refractivity contribution in [3.8, 4) is 11.3 Å². The number of nitrogens with zero attached hydrogens (tertiary/aromatic N) is 2. The van der Waals surface area contributed by atoms with Gasteiger partial charge in [-0.05, 0) is 44.0 Å². The molecule has 0 spiro atoms. The van der Waals surface area contributed by atoms with Crippen LogP contribution in [-0.4, -0.2) is 10.9 Å². The van der Waals surface area contributed by atoms with E-state index in [9.17, 15) is 4.79 Å². The molecule has 1 aromatic heterocycles. The summed E-state index contributed by atoms with van der Waals surface area (Å²) in [4.78, 5) is 19.0. The smallest absolute Gasteiger partial charge is 0.265 e. The van der Waals surface area contributed by atoms with Crippen LogP contribution in [0.15, 0.2) is 66.2 Å². The van der Waals surface area contributed by atoms with Crippen molar-refractivity contribution in [1.82, 2.24) is 4.98 Å². The van der Waals surface area contributed by atoms with Gasteiger partial charge in [-0.1, -0.05) is 42.5 Å². The minimum absolute atomic E-state index is 0.213. The Hall–Kier alpha value is -2.94. The minimum Gasteiger partial charge on any atom is -0.268 e. The van der Waals surface area contributed by atoms with Crippen LogP contribution in [0.25, 0.3) is 11.3 Å². The molecule has 0 aliphatic heterocycles. The summed E-state index contributed by atoms with van der Waals surface area (Å²) in [5.41, 5.74) is 8.64. The molecule has 0 aliphatic rings. The number of anilines is 2. The molecule has 0 bridgehead atoms. The summed E-state index contributed by atoms with van der Waals surface area (Å²) in [5, 5.41) is 2.60. The van der Waals surface area contributed by atoms with Crippen molar-refractivity contribution >= 4 is 28.1 Å². The van der Waals surface area contributed by atoms with Crippen molar-refractivity contribution in [2.75, 3.05) is 4.90 Å². The molecule has 0 radical (unpaired) electrons. The lowest BCUT2D eigenvalue weighted by Gasteiger charge is -2.19. The molecule has 0 aliphatic carbocycles. The fraction of sp³-hybridized carbons (Fsp3) is 0.136. The topological polar surface area (TPSA) is 33.2 Å². The lowest BCUT2D eigenvalue weighted by molar-refractivity contribution is -0.113. The Morgan fingerprint density at radius 1 is 1.08 bits per heavy atom. The number of rotatable bonds is 4. The van der Waals surface area contributed by atoms with Crippen LogP contribution in [0.2, 0.25) is 0 Å². The average Bonchev–Trinajstić information content (AvgIpc) is 3.04. The van der Waals surface area contributed by atoms with Crippen molar-refractivity contribution < 1.29 is 4.79 Å². The summed E-state index contributed by atoms with van der Waals surface area (Å²) in [6.45, 7) is 9.61. The van der Waals surface area contributed by atoms with Gasteiger partial charge in [-0.25, -0.2) is 4.98 Å². The zero-order valence-electron chi connectivity index (χ0n) is 15.1. The first-order valence-corrected chi connectivity index (χ1v) is 9.16. The molecule has 0 atom stereocenters. The predicted molar refractivity (Wildman–Crippen MR) is 109 cm³/mol. The molecule has 4 heteroatoms. The second-order valence-electron chi connectivity index (χ2n) is 6.25. The van der Waals surface area contributed by atoms with Crippen LogP contribution in [0, 0.1) is 20.8 Å². The molecule has 3 aromatic rings. The minimum atomic E-state index is -0.213. The summed E-state index contributed by atoms with van der Waals surface area (Å²) >= 11 is 1.44. The second kappa shape index (κ2) is 7.52. The van der Waals surface area contributed by atoms with Gasteiger partial charge in [0.1, 0.15) is 0 Å². The number of amides is 1. The van der Waals surface area contributed by atoms with E-state index >= 15 is 0 Å². The molecule has 0 fully saturated rings. The Morgan fingerprint density at radius 2 is 1.73 bits per heavy atom. The fourth-order valence-electron chi connectivity index (χ4n) is 2.79. The van der Waals surface area contributed by atoms with Crippen LogP contribution in [0.1, 0.15) is 16.7 Å². The van der Waals surface area contributed by atoms with E-state index in [0.717, 1.165) is 28.1 Å². The number of hydrogen-bond donors (Lipinski definition) is 0. The highest BCUT2D eigenvalue weighted by Crippen LogP contribution is 2.33. The van der Waals surface area contributed by atoms with Crippen LogP contribution in [0.4, 0.5) is 10.8 Å². The maximum atomic E-state index is 12.7. The molecular weight excluding hydrogens is 340 g/mol. The van der Waals surface area contributed by atoms with Gasteiger partial charge in [0.15, 0.2) is 5.13 Å². The molecule has 3 rings (SSSR count). The number of benzene rings is 2. The maximum absolute atomic E-state index is 12.7. The van der Waals surface area contributed by atoms with Crippen molar-refractivity contribution in [2.24, 2.45) is 0 Å². The van der Waals surface area contributed by atoms with E-state index < -0.39 is 0 Å². The third-order valence-electron chi connectivity index (χ3n) is 3.94. The van der Waals surface area contributed by atoms with E-state index in [4.69, 9.17) is 4.98 Å². The highest BCUT2D eigenvalue weighted by Gasteiger charge is 2.20. The van der Waals surface area contributed by atoms with E-state index in [2.05, 4.69) is 37.4 Å². The third-order valence-corrected chi connectivity index (χ3v) is 4.77. The van der Waals surface area contributed by atoms with Crippen molar-refractivity contribution in [3.63, 3.8) is 0 Å². The highest BCUT2D eigenvalue weighted by atomic mass is 32.1. The lowest BCUT2D eigenvalue weighted by Crippen LogP contribution is -2.23. The predicted octanol–water partition coefficient (Wildman–Crippen LogP) is 5.74. The van der Waals surface area contributed by atoms with Gasteiger partial charge >= 0.3 is 0 Å². The third kappa shape index (κ3) is 3.83. The maximum Gasteiger partial charge on any atom is 0.265 e. The standard InChI is InChI=1S/C22H20N2OS/c1-5-6-21(25)24(19-12-16(3)11-17(4)13-19)22-23-20(14-26-22)18-9-7-15(2)8-10-18/h6-14H,1H2,2-4H3. The van der Waals surface area contributed by atoms with Crippen molar-refractivity contribution in [3.05, 3.63) is 82.9 Å². The Bertz CT molecular complexity index is 975. The van der Waals surface area contributed by atoms with Gasteiger partial charge in [-0.2, -0.15) is 0 Å². The van der Waals surface area contributed by atoms with E-state index in [-0.39, 0.29) is 5.91 Å². The van der Waals surface area contributed by atoms with Gasteiger partial charge in [0.2, 0.25) is 0 Å². The number of carbonyl (C=O) groups excluding carboxylic acids is 1. The molecule has 1 heterocycles. The first kappa shape index (κ1) is 17.9. The van der Waals surface area contributed by atoms with Crippen molar-refractivity contribution in [2.45, 2.75) is 20.8 Å². The van der Waals surface area contributed by atoms with Crippen molar-refractivity contribution in [1.29, 1.82) is 0 Å². The summed E-state index contributed by atoms with van der Waals surface area (Å²) in [6, 6.07) is 14.2. The largest absolute Gasteiger partial charge is 0.268 e. The molecule has 2 aromatic carbocycles. The van der Waals surface area contributed by atoms with Crippen LogP contribution < -0.4 is 4.90 Å².